The number of benzene rings is 2. The second-order valence-corrected chi connectivity index (χ2v) is 6.63. The van der Waals surface area contributed by atoms with E-state index in [-0.39, 0.29) is 11.8 Å². The first kappa shape index (κ1) is 17.6. The van der Waals surface area contributed by atoms with Crippen LogP contribution in [0.5, 0.6) is 0 Å². The Morgan fingerprint density at radius 2 is 1.75 bits per heavy atom. The van der Waals surface area contributed by atoms with Crippen molar-refractivity contribution in [1.82, 2.24) is 14.8 Å². The maximum atomic E-state index is 12.7. The number of para-hydroxylation sites is 1. The van der Waals surface area contributed by atoms with Crippen molar-refractivity contribution in [1.29, 1.82) is 0 Å². The molecule has 0 atom stereocenters. The number of carbonyl (C=O) groups excluding carboxylic acids is 2. The van der Waals surface area contributed by atoms with Crippen molar-refractivity contribution in [3.63, 3.8) is 0 Å². The van der Waals surface area contributed by atoms with Gasteiger partial charge in [0.05, 0.1) is 22.5 Å². The van der Waals surface area contributed by atoms with Crippen LogP contribution in [0, 0.1) is 0 Å². The second-order valence-electron chi connectivity index (χ2n) is 5.85. The van der Waals surface area contributed by atoms with Gasteiger partial charge in [-0.3, -0.25) is 9.59 Å². The van der Waals surface area contributed by atoms with Gasteiger partial charge in [-0.25, -0.2) is 9.67 Å². The van der Waals surface area contributed by atoms with Crippen molar-refractivity contribution >= 4 is 34.5 Å². The van der Waals surface area contributed by atoms with Gasteiger partial charge >= 0.3 is 0 Å². The monoisotopic (exact) mass is 389 g/mol. The number of nitrogens with one attached hydrogen (secondary N) is 2. The molecule has 4 rings (SSSR count). The van der Waals surface area contributed by atoms with Gasteiger partial charge in [0.2, 0.25) is 0 Å². The molecule has 28 heavy (non-hydrogen) atoms. The van der Waals surface area contributed by atoms with E-state index in [1.54, 1.807) is 58.9 Å². The van der Waals surface area contributed by atoms with Crippen LogP contribution < -0.4 is 10.6 Å². The van der Waals surface area contributed by atoms with Crippen LogP contribution in [0.2, 0.25) is 0 Å². The van der Waals surface area contributed by atoms with Gasteiger partial charge in [-0.1, -0.05) is 12.1 Å². The van der Waals surface area contributed by atoms with E-state index in [9.17, 15) is 9.59 Å². The molecule has 2 aromatic heterocycles. The number of amides is 2. The second kappa shape index (κ2) is 7.85. The van der Waals surface area contributed by atoms with E-state index in [0.29, 0.717) is 22.5 Å². The van der Waals surface area contributed by atoms with Crippen LogP contribution in [0.3, 0.4) is 0 Å². The maximum absolute atomic E-state index is 12.7. The van der Waals surface area contributed by atoms with E-state index in [1.165, 1.54) is 17.7 Å². The minimum absolute atomic E-state index is 0.251. The average molecular weight is 389 g/mol. The number of hydrogen-bond acceptors (Lipinski definition) is 5. The van der Waals surface area contributed by atoms with Crippen molar-refractivity contribution in [2.45, 2.75) is 0 Å². The fourth-order valence-electron chi connectivity index (χ4n) is 2.62. The van der Waals surface area contributed by atoms with Gasteiger partial charge in [-0.15, -0.1) is 0 Å². The average Bonchev–Trinajstić information content (AvgIpc) is 3.43. The number of carbonyl (C=O) groups is 2. The Hall–Kier alpha value is -3.78. The summed E-state index contributed by atoms with van der Waals surface area (Å²) in [5.74, 6) is -0.562. The van der Waals surface area contributed by atoms with Gasteiger partial charge in [0.25, 0.3) is 11.8 Å². The topological polar surface area (TPSA) is 88.9 Å². The molecule has 0 aliphatic carbocycles. The van der Waals surface area contributed by atoms with E-state index >= 15 is 0 Å². The summed E-state index contributed by atoms with van der Waals surface area (Å²) in [7, 11) is 0. The Labute approximate surface area is 164 Å². The van der Waals surface area contributed by atoms with Crippen LogP contribution in [0.4, 0.5) is 11.4 Å². The molecule has 4 aromatic rings. The van der Waals surface area contributed by atoms with Crippen molar-refractivity contribution in [3.05, 3.63) is 89.1 Å². The molecule has 7 nitrogen and oxygen atoms in total. The summed E-state index contributed by atoms with van der Waals surface area (Å²) < 4.78 is 1.63. The Balaban J connectivity index is 1.50. The third kappa shape index (κ3) is 3.81. The number of anilines is 2. The van der Waals surface area contributed by atoms with Crippen LogP contribution in [-0.2, 0) is 0 Å². The quantitative estimate of drug-likeness (QED) is 0.543. The van der Waals surface area contributed by atoms with E-state index < -0.39 is 0 Å². The lowest BCUT2D eigenvalue weighted by atomic mass is 10.1. The van der Waals surface area contributed by atoms with Crippen molar-refractivity contribution in [3.8, 4) is 5.69 Å². The summed E-state index contributed by atoms with van der Waals surface area (Å²) in [4.78, 5) is 28.9. The van der Waals surface area contributed by atoms with E-state index in [4.69, 9.17) is 0 Å². The molecule has 2 amide bonds. The largest absolute Gasteiger partial charge is 0.322 e. The first-order valence-corrected chi connectivity index (χ1v) is 9.34. The Morgan fingerprint density at radius 1 is 0.929 bits per heavy atom. The third-order valence-corrected chi connectivity index (χ3v) is 4.69. The number of thiophene rings is 1. The first-order valence-electron chi connectivity index (χ1n) is 8.40. The molecule has 0 saturated carbocycles. The molecule has 8 heteroatoms. The van der Waals surface area contributed by atoms with Gasteiger partial charge < -0.3 is 10.6 Å². The molecule has 2 aromatic carbocycles. The SMILES string of the molecule is O=C(Nc1ccccc1C(=O)Nc1ccc(-n2cncn2)cc1)c1ccsc1. The van der Waals surface area contributed by atoms with Crippen LogP contribution >= 0.6 is 11.3 Å². The minimum Gasteiger partial charge on any atom is -0.322 e. The minimum atomic E-state index is -0.310. The summed E-state index contributed by atoms with van der Waals surface area (Å²) in [5.41, 5.74) is 2.86. The molecule has 0 radical (unpaired) electrons. The zero-order valence-corrected chi connectivity index (χ0v) is 15.4. The van der Waals surface area contributed by atoms with Crippen molar-refractivity contribution in [2.75, 3.05) is 10.6 Å². The van der Waals surface area contributed by atoms with Crippen LogP contribution in [0.1, 0.15) is 20.7 Å². The standard InChI is InChI=1S/C20H15N5O2S/c26-19(14-9-10-28-11-14)24-18-4-2-1-3-17(18)20(27)23-15-5-7-16(8-6-15)25-13-21-12-22-25/h1-13H,(H,23,27)(H,24,26). The Kier molecular flexibility index (Phi) is 4.94. The highest BCUT2D eigenvalue weighted by atomic mass is 32.1. The van der Waals surface area contributed by atoms with Crippen LogP contribution in [-0.4, -0.2) is 26.6 Å². The fourth-order valence-corrected chi connectivity index (χ4v) is 3.25. The lowest BCUT2D eigenvalue weighted by molar-refractivity contribution is 0.102. The molecule has 138 valence electrons. The van der Waals surface area contributed by atoms with E-state index in [2.05, 4.69) is 20.7 Å². The highest BCUT2D eigenvalue weighted by Crippen LogP contribution is 2.20. The molecule has 0 unspecified atom stereocenters. The lowest BCUT2D eigenvalue weighted by Gasteiger charge is -2.11. The molecule has 2 N–H and O–H groups in total. The van der Waals surface area contributed by atoms with Crippen molar-refractivity contribution < 1.29 is 9.59 Å². The smallest absolute Gasteiger partial charge is 0.257 e. The first-order chi connectivity index (χ1) is 13.7. The zero-order valence-electron chi connectivity index (χ0n) is 14.6. The van der Waals surface area contributed by atoms with E-state index in [0.717, 1.165) is 5.69 Å². The molecule has 0 bridgehead atoms. The highest BCUT2D eigenvalue weighted by Gasteiger charge is 2.14. The normalized spacial score (nSPS) is 10.4. The Bertz CT molecular complexity index is 1090. The Morgan fingerprint density at radius 3 is 2.46 bits per heavy atom. The van der Waals surface area contributed by atoms with Gasteiger partial charge in [0.1, 0.15) is 12.7 Å². The van der Waals surface area contributed by atoms with Gasteiger partial charge in [0, 0.05) is 11.1 Å². The predicted molar refractivity (Wildman–Crippen MR) is 108 cm³/mol. The number of aromatic nitrogens is 3. The molecule has 0 aliphatic rings. The molecule has 0 spiro atoms. The zero-order chi connectivity index (χ0) is 19.3. The molecule has 0 fully saturated rings. The highest BCUT2D eigenvalue weighted by molar-refractivity contribution is 7.08. The van der Waals surface area contributed by atoms with Crippen LogP contribution in [0.25, 0.3) is 5.69 Å². The molecular formula is C20H15N5O2S. The number of rotatable bonds is 5. The summed E-state index contributed by atoms with van der Waals surface area (Å²) in [5, 5.41) is 13.3. The van der Waals surface area contributed by atoms with Crippen molar-refractivity contribution in [2.24, 2.45) is 0 Å². The van der Waals surface area contributed by atoms with Gasteiger partial charge in [-0.05, 0) is 47.8 Å². The summed E-state index contributed by atoms with van der Waals surface area (Å²) in [6.07, 6.45) is 3.05. The van der Waals surface area contributed by atoms with Crippen LogP contribution in [0.15, 0.2) is 78.0 Å². The molecule has 2 heterocycles. The number of nitrogens with zero attached hydrogens (tertiary/aromatic N) is 3. The molecular weight excluding hydrogens is 374 g/mol. The number of hydrogen-bond donors (Lipinski definition) is 2. The molecule has 0 aliphatic heterocycles. The summed E-state index contributed by atoms with van der Waals surface area (Å²) in [6, 6.07) is 15.8. The third-order valence-electron chi connectivity index (χ3n) is 4.01. The predicted octanol–water partition coefficient (Wildman–Crippen LogP) is 3.83. The summed E-state index contributed by atoms with van der Waals surface area (Å²) in [6.45, 7) is 0. The molecule has 0 saturated heterocycles. The van der Waals surface area contributed by atoms with Gasteiger partial charge in [-0.2, -0.15) is 16.4 Å². The fraction of sp³-hybridized carbons (Fsp3) is 0. The summed E-state index contributed by atoms with van der Waals surface area (Å²) >= 11 is 1.44. The lowest BCUT2D eigenvalue weighted by Crippen LogP contribution is -2.18. The van der Waals surface area contributed by atoms with Gasteiger partial charge in [0.15, 0.2) is 0 Å². The van der Waals surface area contributed by atoms with E-state index in [1.807, 2.05) is 17.5 Å². The maximum Gasteiger partial charge on any atom is 0.257 e.